The molecule has 6 nitrogen and oxygen atoms in total. The number of nitrogens with two attached hydrogens (primary N) is 1. The highest BCUT2D eigenvalue weighted by atomic mass is 32.2. The van der Waals surface area contributed by atoms with Crippen molar-refractivity contribution in [3.05, 3.63) is 5.82 Å². The molecule has 0 aromatic carbocycles. The maximum atomic E-state index is 10.5. The van der Waals surface area contributed by atoms with Crippen LogP contribution in [0.25, 0.3) is 0 Å². The first-order valence-corrected chi connectivity index (χ1v) is 7.69. The van der Waals surface area contributed by atoms with E-state index in [2.05, 4.69) is 10.2 Å². The first kappa shape index (κ1) is 14.2. The summed E-state index contributed by atoms with van der Waals surface area (Å²) in [6.07, 6.45) is 8.55. The molecule has 3 N–H and O–H groups in total. The maximum Gasteiger partial charge on any atom is 0.313 e. The molecule has 1 heterocycles. The molecule has 1 aliphatic rings. The van der Waals surface area contributed by atoms with Crippen LogP contribution in [0.2, 0.25) is 0 Å². The van der Waals surface area contributed by atoms with Gasteiger partial charge in [0.25, 0.3) is 0 Å². The molecule has 1 fully saturated rings. The highest BCUT2D eigenvalue weighted by molar-refractivity contribution is 7.99. The van der Waals surface area contributed by atoms with Crippen LogP contribution in [-0.2, 0) is 11.2 Å². The summed E-state index contributed by atoms with van der Waals surface area (Å²) in [5.74, 6) is 6.49. The lowest BCUT2D eigenvalue weighted by Crippen LogP contribution is -2.16. The van der Waals surface area contributed by atoms with Gasteiger partial charge in [-0.25, -0.2) is 4.68 Å². The number of rotatable bonds is 6. The van der Waals surface area contributed by atoms with Crippen molar-refractivity contribution in [2.45, 2.75) is 50.1 Å². The van der Waals surface area contributed by atoms with Gasteiger partial charge in [-0.1, -0.05) is 43.9 Å². The number of hydrogen-bond donors (Lipinski definition) is 2. The molecular weight excluding hydrogens is 264 g/mol. The normalized spacial score (nSPS) is 16.6. The lowest BCUT2D eigenvalue weighted by Gasteiger charge is -2.20. The number of nitrogen functional groups attached to an aromatic ring is 1. The zero-order valence-electron chi connectivity index (χ0n) is 10.9. The topological polar surface area (TPSA) is 94.0 Å². The predicted molar refractivity (Wildman–Crippen MR) is 73.4 cm³/mol. The van der Waals surface area contributed by atoms with Crippen LogP contribution in [0.5, 0.6) is 0 Å². The predicted octanol–water partition coefficient (Wildman–Crippen LogP) is 1.68. The second-order valence-corrected chi connectivity index (χ2v) is 5.94. The Morgan fingerprint density at radius 2 is 2.11 bits per heavy atom. The molecule has 0 atom stereocenters. The fraction of sp³-hybridized carbons (Fsp3) is 0.750. The van der Waals surface area contributed by atoms with Gasteiger partial charge in [-0.15, -0.1) is 10.2 Å². The second kappa shape index (κ2) is 6.79. The Labute approximate surface area is 116 Å². The smallest absolute Gasteiger partial charge is 0.313 e. The minimum Gasteiger partial charge on any atom is -0.481 e. The van der Waals surface area contributed by atoms with Gasteiger partial charge in [0.05, 0.1) is 5.75 Å². The minimum atomic E-state index is -0.878. The Bertz CT molecular complexity index is 429. The molecule has 0 radical (unpaired) electrons. The number of nitrogens with zero attached hydrogens (tertiary/aromatic N) is 3. The van der Waals surface area contributed by atoms with Gasteiger partial charge < -0.3 is 10.9 Å². The van der Waals surface area contributed by atoms with Gasteiger partial charge in [0, 0.05) is 6.42 Å². The van der Waals surface area contributed by atoms with E-state index in [4.69, 9.17) is 10.9 Å². The Kier molecular flexibility index (Phi) is 5.07. The average molecular weight is 284 g/mol. The Balaban J connectivity index is 1.84. The van der Waals surface area contributed by atoms with Crippen LogP contribution in [0.3, 0.4) is 0 Å². The third kappa shape index (κ3) is 4.12. The average Bonchev–Trinajstić information content (AvgIpc) is 2.76. The fourth-order valence-corrected chi connectivity index (χ4v) is 3.11. The number of carboxylic acid groups (broad SMARTS) is 1. The lowest BCUT2D eigenvalue weighted by molar-refractivity contribution is -0.133. The number of aliphatic carboxylic acids is 1. The van der Waals surface area contributed by atoms with Crippen LogP contribution >= 0.6 is 11.8 Å². The molecule has 0 amide bonds. The molecular formula is C12H20N4O2S. The number of aromatic nitrogens is 3. The van der Waals surface area contributed by atoms with Crippen LogP contribution in [0.15, 0.2) is 5.16 Å². The van der Waals surface area contributed by atoms with E-state index < -0.39 is 5.97 Å². The van der Waals surface area contributed by atoms with E-state index in [0.717, 1.165) is 36.3 Å². The van der Waals surface area contributed by atoms with Crippen molar-refractivity contribution in [1.82, 2.24) is 14.9 Å². The van der Waals surface area contributed by atoms with Gasteiger partial charge >= 0.3 is 5.97 Å². The zero-order chi connectivity index (χ0) is 13.7. The van der Waals surface area contributed by atoms with Crippen molar-refractivity contribution in [3.63, 3.8) is 0 Å². The van der Waals surface area contributed by atoms with E-state index in [-0.39, 0.29) is 5.75 Å². The van der Waals surface area contributed by atoms with E-state index in [1.54, 1.807) is 0 Å². The van der Waals surface area contributed by atoms with Crippen LogP contribution in [0.1, 0.15) is 44.3 Å². The van der Waals surface area contributed by atoms with Crippen molar-refractivity contribution in [1.29, 1.82) is 0 Å². The standard InChI is InChI=1S/C12H20N4O2S/c13-16-10(7-6-9-4-2-1-3-5-9)14-15-12(16)19-8-11(17)18/h9H,1-8,13H2,(H,17,18). The van der Waals surface area contributed by atoms with Crippen LogP contribution in [0.4, 0.5) is 0 Å². The van der Waals surface area contributed by atoms with Crippen LogP contribution in [-0.4, -0.2) is 31.7 Å². The highest BCUT2D eigenvalue weighted by Gasteiger charge is 2.16. The molecule has 0 bridgehead atoms. The molecule has 1 aromatic rings. The first-order chi connectivity index (χ1) is 9.16. The molecule has 2 rings (SSSR count). The van der Waals surface area contributed by atoms with Crippen molar-refractivity contribution in [2.24, 2.45) is 5.92 Å². The number of thioether (sulfide) groups is 1. The molecule has 0 spiro atoms. The summed E-state index contributed by atoms with van der Waals surface area (Å²) in [6.45, 7) is 0. The van der Waals surface area contributed by atoms with E-state index in [1.807, 2.05) is 0 Å². The van der Waals surface area contributed by atoms with Crippen molar-refractivity contribution in [3.8, 4) is 0 Å². The molecule has 1 saturated carbocycles. The molecule has 7 heteroatoms. The second-order valence-electron chi connectivity index (χ2n) is 4.99. The summed E-state index contributed by atoms with van der Waals surface area (Å²) in [4.78, 5) is 10.5. The number of hydrogen-bond acceptors (Lipinski definition) is 5. The quantitative estimate of drug-likeness (QED) is 0.609. The molecule has 19 heavy (non-hydrogen) atoms. The molecule has 1 aromatic heterocycles. The summed E-state index contributed by atoms with van der Waals surface area (Å²) < 4.78 is 1.43. The van der Waals surface area contributed by atoms with Crippen LogP contribution in [0, 0.1) is 5.92 Å². The van der Waals surface area contributed by atoms with E-state index in [1.165, 1.54) is 36.8 Å². The molecule has 0 unspecified atom stereocenters. The summed E-state index contributed by atoms with van der Waals surface area (Å²) >= 11 is 1.10. The first-order valence-electron chi connectivity index (χ1n) is 6.71. The summed E-state index contributed by atoms with van der Waals surface area (Å²) in [5, 5.41) is 17.1. The molecule has 106 valence electrons. The Morgan fingerprint density at radius 1 is 1.37 bits per heavy atom. The maximum absolute atomic E-state index is 10.5. The third-order valence-electron chi connectivity index (χ3n) is 3.56. The van der Waals surface area contributed by atoms with Gasteiger partial charge in [0.1, 0.15) is 0 Å². The summed E-state index contributed by atoms with van der Waals surface area (Å²) in [6, 6.07) is 0. The number of aryl methyl sites for hydroxylation is 1. The lowest BCUT2D eigenvalue weighted by atomic mass is 9.86. The van der Waals surface area contributed by atoms with Gasteiger partial charge in [0.2, 0.25) is 5.16 Å². The number of carboxylic acids is 1. The SMILES string of the molecule is Nn1c(CCC2CCCCC2)nnc1SCC(=O)O. The van der Waals surface area contributed by atoms with Crippen molar-refractivity contribution < 1.29 is 9.90 Å². The zero-order valence-corrected chi connectivity index (χ0v) is 11.7. The minimum absolute atomic E-state index is 0.0437. The molecule has 0 saturated heterocycles. The number of carbonyl (C=O) groups is 1. The van der Waals surface area contributed by atoms with Crippen molar-refractivity contribution >= 4 is 17.7 Å². The Morgan fingerprint density at radius 3 is 2.79 bits per heavy atom. The largest absolute Gasteiger partial charge is 0.481 e. The summed E-state index contributed by atoms with van der Waals surface area (Å²) in [7, 11) is 0. The van der Waals surface area contributed by atoms with E-state index in [9.17, 15) is 4.79 Å². The monoisotopic (exact) mass is 284 g/mol. The van der Waals surface area contributed by atoms with Crippen molar-refractivity contribution in [2.75, 3.05) is 11.6 Å². The highest BCUT2D eigenvalue weighted by Crippen LogP contribution is 2.27. The summed E-state index contributed by atoms with van der Waals surface area (Å²) in [5.41, 5.74) is 0. The third-order valence-corrected chi connectivity index (χ3v) is 4.49. The molecule has 0 aliphatic heterocycles. The van der Waals surface area contributed by atoms with Gasteiger partial charge in [0.15, 0.2) is 5.82 Å². The Hall–Kier alpha value is -1.24. The van der Waals surface area contributed by atoms with Gasteiger partial charge in [-0.3, -0.25) is 4.79 Å². The van der Waals surface area contributed by atoms with E-state index >= 15 is 0 Å². The van der Waals surface area contributed by atoms with Gasteiger partial charge in [-0.05, 0) is 12.3 Å². The van der Waals surface area contributed by atoms with Gasteiger partial charge in [-0.2, -0.15) is 0 Å². The van der Waals surface area contributed by atoms with Crippen LogP contribution < -0.4 is 5.84 Å². The fourth-order valence-electron chi connectivity index (χ4n) is 2.51. The van der Waals surface area contributed by atoms with E-state index in [0.29, 0.717) is 5.16 Å². The molecule has 1 aliphatic carbocycles.